The van der Waals surface area contributed by atoms with Crippen LogP contribution in [-0.4, -0.2) is 46.0 Å². The monoisotopic (exact) mass is 504 g/mol. The number of esters is 1. The second kappa shape index (κ2) is 11.2. The molecule has 0 saturated heterocycles. The van der Waals surface area contributed by atoms with Gasteiger partial charge in [-0.05, 0) is 104 Å². The summed E-state index contributed by atoms with van der Waals surface area (Å²) in [6.45, 7) is 1.17. The van der Waals surface area contributed by atoms with Gasteiger partial charge in [0.15, 0.2) is 12.6 Å². The first-order valence-electron chi connectivity index (χ1n) is 13.2. The highest BCUT2D eigenvalue weighted by Gasteiger charge is 2.52. The predicted molar refractivity (Wildman–Crippen MR) is 141 cm³/mol. The Balaban J connectivity index is 1.37. The fourth-order valence-electron chi connectivity index (χ4n) is 7.09. The van der Waals surface area contributed by atoms with Crippen molar-refractivity contribution >= 4 is 17.8 Å². The van der Waals surface area contributed by atoms with E-state index >= 15 is 0 Å². The third kappa shape index (κ3) is 5.65. The van der Waals surface area contributed by atoms with Crippen LogP contribution in [0.2, 0.25) is 0 Å². The van der Waals surface area contributed by atoms with Gasteiger partial charge in [-0.25, -0.2) is 4.79 Å². The van der Waals surface area contributed by atoms with Crippen LogP contribution in [0.15, 0.2) is 48.5 Å². The standard InChI is InChI=1S/C31H36O6/c1-34-11-12-36-20-37-29-10-8-26(28(32)9-5-21-3-6-25(7-4-21)30(33)35-2)16-27(29)31-17-22-13-23(18-31)15-24(14-22)19-31/h3-10,16,22-24H,11-15,17-20H2,1-2H3/b9-5+. The molecule has 0 N–H and O–H groups in total. The molecule has 0 aromatic heterocycles. The normalized spacial score (nSPS) is 25.9. The number of benzene rings is 2. The molecule has 0 aliphatic heterocycles. The van der Waals surface area contributed by atoms with Crippen LogP contribution in [0.3, 0.4) is 0 Å². The maximum Gasteiger partial charge on any atom is 0.337 e. The van der Waals surface area contributed by atoms with Crippen LogP contribution in [0.4, 0.5) is 0 Å². The Bertz CT molecular complexity index is 1110. The lowest BCUT2D eigenvalue weighted by Crippen LogP contribution is -2.48. The number of ether oxygens (including phenoxy) is 4. The molecule has 4 saturated carbocycles. The summed E-state index contributed by atoms with van der Waals surface area (Å²) in [5.74, 6) is 2.75. The topological polar surface area (TPSA) is 71.1 Å². The summed E-state index contributed by atoms with van der Waals surface area (Å²) in [5.41, 5.74) is 3.24. The fraction of sp³-hybridized carbons (Fsp3) is 0.484. The SMILES string of the molecule is COCCOCOc1ccc(C(=O)/C=C/c2ccc(C(=O)OC)cc2)cc1C12CC3CC(CC(C3)C1)C2. The van der Waals surface area contributed by atoms with E-state index in [0.717, 1.165) is 29.1 Å². The Labute approximate surface area is 218 Å². The molecule has 4 aliphatic rings. The van der Waals surface area contributed by atoms with Crippen molar-refractivity contribution in [2.24, 2.45) is 17.8 Å². The number of carbonyl (C=O) groups excluding carboxylic acids is 2. The van der Waals surface area contributed by atoms with Gasteiger partial charge < -0.3 is 18.9 Å². The van der Waals surface area contributed by atoms with E-state index in [-0.39, 0.29) is 24.0 Å². The van der Waals surface area contributed by atoms with Crippen LogP contribution in [0.5, 0.6) is 5.75 Å². The van der Waals surface area contributed by atoms with E-state index in [1.807, 2.05) is 12.1 Å². The van der Waals surface area contributed by atoms with E-state index in [1.54, 1.807) is 43.5 Å². The Morgan fingerprint density at radius 2 is 1.54 bits per heavy atom. The van der Waals surface area contributed by atoms with Gasteiger partial charge in [-0.3, -0.25) is 4.79 Å². The number of hydrogen-bond donors (Lipinski definition) is 0. The number of allylic oxidation sites excluding steroid dienone is 1. The number of ketones is 1. The van der Waals surface area contributed by atoms with Crippen molar-refractivity contribution in [2.45, 2.75) is 43.9 Å². The van der Waals surface area contributed by atoms with Crippen molar-refractivity contribution < 1.29 is 28.5 Å². The van der Waals surface area contributed by atoms with Gasteiger partial charge >= 0.3 is 5.97 Å². The summed E-state index contributed by atoms with van der Waals surface area (Å²) in [5, 5.41) is 0. The first-order chi connectivity index (χ1) is 18.0. The van der Waals surface area contributed by atoms with Gasteiger partial charge in [0.2, 0.25) is 0 Å². The van der Waals surface area contributed by atoms with Crippen LogP contribution < -0.4 is 4.74 Å². The average Bonchev–Trinajstić information content (AvgIpc) is 2.90. The maximum absolute atomic E-state index is 13.2. The van der Waals surface area contributed by atoms with Crippen molar-refractivity contribution in [3.05, 3.63) is 70.8 Å². The second-order valence-electron chi connectivity index (χ2n) is 10.9. The van der Waals surface area contributed by atoms with Gasteiger partial charge in [0.25, 0.3) is 0 Å². The summed E-state index contributed by atoms with van der Waals surface area (Å²) >= 11 is 0. The van der Waals surface area contributed by atoms with Crippen LogP contribution in [0.25, 0.3) is 6.08 Å². The second-order valence-corrected chi connectivity index (χ2v) is 10.9. The molecular weight excluding hydrogens is 468 g/mol. The first kappa shape index (κ1) is 25.7. The lowest BCUT2D eigenvalue weighted by molar-refractivity contribution is -0.0189. The van der Waals surface area contributed by atoms with E-state index in [4.69, 9.17) is 18.9 Å². The van der Waals surface area contributed by atoms with Gasteiger partial charge in [0, 0.05) is 18.2 Å². The third-order valence-electron chi connectivity index (χ3n) is 8.36. The summed E-state index contributed by atoms with van der Waals surface area (Å²) in [7, 11) is 3.01. The molecule has 0 amide bonds. The van der Waals surface area contributed by atoms with Crippen LogP contribution in [0.1, 0.15) is 70.4 Å². The molecule has 4 aliphatic carbocycles. The third-order valence-corrected chi connectivity index (χ3v) is 8.36. The molecule has 4 fully saturated rings. The van der Waals surface area contributed by atoms with Gasteiger partial charge in [-0.2, -0.15) is 0 Å². The van der Waals surface area contributed by atoms with Gasteiger partial charge in [-0.1, -0.05) is 18.2 Å². The van der Waals surface area contributed by atoms with Crippen molar-refractivity contribution in [3.63, 3.8) is 0 Å². The summed E-state index contributed by atoms with van der Waals surface area (Å²) in [6.07, 6.45) is 11.0. The molecule has 2 aromatic rings. The van der Waals surface area contributed by atoms with Crippen molar-refractivity contribution in [1.82, 2.24) is 0 Å². The van der Waals surface area contributed by atoms with Crippen molar-refractivity contribution in [1.29, 1.82) is 0 Å². The minimum absolute atomic E-state index is 0.0501. The van der Waals surface area contributed by atoms with Crippen molar-refractivity contribution in [3.8, 4) is 5.75 Å². The molecule has 6 rings (SSSR count). The molecule has 0 atom stereocenters. The van der Waals surface area contributed by atoms with Gasteiger partial charge in [0.1, 0.15) is 5.75 Å². The summed E-state index contributed by atoms with van der Waals surface area (Å²) in [6, 6.07) is 12.9. The van der Waals surface area contributed by atoms with E-state index in [1.165, 1.54) is 51.2 Å². The molecule has 37 heavy (non-hydrogen) atoms. The molecule has 0 spiro atoms. The Morgan fingerprint density at radius 1 is 0.892 bits per heavy atom. The van der Waals surface area contributed by atoms with Crippen LogP contribution in [-0.2, 0) is 19.6 Å². The lowest BCUT2D eigenvalue weighted by atomic mass is 9.48. The highest BCUT2D eigenvalue weighted by molar-refractivity contribution is 6.07. The lowest BCUT2D eigenvalue weighted by Gasteiger charge is -2.57. The molecule has 6 nitrogen and oxygen atoms in total. The van der Waals surface area contributed by atoms with E-state index in [0.29, 0.717) is 24.3 Å². The van der Waals surface area contributed by atoms with Gasteiger partial charge in [-0.15, -0.1) is 0 Å². The quantitative estimate of drug-likeness (QED) is 0.126. The smallest absolute Gasteiger partial charge is 0.337 e. The largest absolute Gasteiger partial charge is 0.467 e. The van der Waals surface area contributed by atoms with Crippen LogP contribution >= 0.6 is 0 Å². The minimum atomic E-state index is -0.379. The predicted octanol–water partition coefficient (Wildman–Crippen LogP) is 5.84. The van der Waals surface area contributed by atoms with Crippen LogP contribution in [0, 0.1) is 17.8 Å². The zero-order valence-electron chi connectivity index (χ0n) is 21.7. The van der Waals surface area contributed by atoms with E-state index in [2.05, 4.69) is 6.07 Å². The number of hydrogen-bond acceptors (Lipinski definition) is 6. The zero-order valence-corrected chi connectivity index (χ0v) is 21.7. The molecule has 6 heteroatoms. The molecule has 196 valence electrons. The van der Waals surface area contributed by atoms with E-state index in [9.17, 15) is 9.59 Å². The number of rotatable bonds is 11. The zero-order chi connectivity index (χ0) is 25.8. The molecule has 0 radical (unpaired) electrons. The Hall–Kier alpha value is -2.96. The fourth-order valence-corrected chi connectivity index (χ4v) is 7.09. The highest BCUT2D eigenvalue weighted by Crippen LogP contribution is 2.62. The summed E-state index contributed by atoms with van der Waals surface area (Å²) < 4.78 is 21.5. The first-order valence-corrected chi connectivity index (χ1v) is 13.2. The maximum atomic E-state index is 13.2. The average molecular weight is 505 g/mol. The van der Waals surface area contributed by atoms with Gasteiger partial charge in [0.05, 0.1) is 25.9 Å². The Morgan fingerprint density at radius 3 is 2.16 bits per heavy atom. The highest BCUT2D eigenvalue weighted by atomic mass is 16.7. The summed E-state index contributed by atoms with van der Waals surface area (Å²) in [4.78, 5) is 24.9. The molecule has 0 unspecified atom stereocenters. The molecule has 2 aromatic carbocycles. The molecular formula is C31H36O6. The molecule has 4 bridgehead atoms. The number of methoxy groups -OCH3 is 2. The number of carbonyl (C=O) groups is 2. The minimum Gasteiger partial charge on any atom is -0.467 e. The molecule has 0 heterocycles. The Kier molecular flexibility index (Phi) is 7.77. The van der Waals surface area contributed by atoms with Crippen molar-refractivity contribution in [2.75, 3.05) is 34.2 Å². The van der Waals surface area contributed by atoms with E-state index < -0.39 is 0 Å².